The predicted octanol–water partition coefficient (Wildman–Crippen LogP) is 2.95. The number of nitrogen functional groups attached to an aromatic ring is 1. The van der Waals surface area contributed by atoms with Crippen LogP contribution in [0, 0.1) is 0 Å². The Balaban J connectivity index is 1.31. The molecule has 7 nitrogen and oxygen atoms in total. The van der Waals surface area contributed by atoms with Gasteiger partial charge in [-0.2, -0.15) is 0 Å². The third-order valence-corrected chi connectivity index (χ3v) is 6.43. The fraction of sp³-hybridized carbons (Fsp3) is 0.130. The van der Waals surface area contributed by atoms with Gasteiger partial charge in [0.2, 0.25) is 10.0 Å². The van der Waals surface area contributed by atoms with Crippen LogP contribution in [0.5, 0.6) is 0 Å². The maximum absolute atomic E-state index is 12.8. The highest BCUT2D eigenvalue weighted by Gasteiger charge is 2.17. The fourth-order valence-corrected chi connectivity index (χ4v) is 4.57. The van der Waals surface area contributed by atoms with Gasteiger partial charge in [0.15, 0.2) is 0 Å². The largest absolute Gasteiger partial charge is 0.384 e. The number of anilines is 1. The second kappa shape index (κ2) is 9.22. The first-order chi connectivity index (χ1) is 15.0. The SMILES string of the molecule is Nc1cc2c(S(=O)(=O)NCCNCc3ccc(-c4cccnc4)cc3)cccc2cn1. The van der Waals surface area contributed by atoms with Crippen molar-refractivity contribution in [2.24, 2.45) is 0 Å². The van der Waals surface area contributed by atoms with E-state index in [4.69, 9.17) is 5.73 Å². The summed E-state index contributed by atoms with van der Waals surface area (Å²) >= 11 is 0. The van der Waals surface area contributed by atoms with Gasteiger partial charge < -0.3 is 11.1 Å². The molecule has 0 bridgehead atoms. The average Bonchev–Trinajstić information content (AvgIpc) is 2.79. The Hall–Kier alpha value is -3.33. The van der Waals surface area contributed by atoms with E-state index in [9.17, 15) is 8.42 Å². The summed E-state index contributed by atoms with van der Waals surface area (Å²) in [6, 6.07) is 18.8. The van der Waals surface area contributed by atoms with Gasteiger partial charge >= 0.3 is 0 Å². The Bertz CT molecular complexity index is 1280. The third kappa shape index (κ3) is 5.05. The van der Waals surface area contributed by atoms with Gasteiger partial charge in [0.05, 0.1) is 4.90 Å². The molecule has 0 spiro atoms. The quantitative estimate of drug-likeness (QED) is 0.369. The number of fused-ring (bicyclic) bond motifs is 1. The van der Waals surface area contributed by atoms with Gasteiger partial charge in [-0.1, -0.05) is 42.5 Å². The summed E-state index contributed by atoms with van der Waals surface area (Å²) in [5.74, 6) is 0.284. The molecule has 0 unspecified atom stereocenters. The molecular formula is C23H23N5O2S. The van der Waals surface area contributed by atoms with Gasteiger partial charge in [0, 0.05) is 49.0 Å². The highest BCUT2D eigenvalue weighted by Crippen LogP contribution is 2.23. The number of nitrogens with zero attached hydrogens (tertiary/aromatic N) is 2. The van der Waals surface area contributed by atoms with E-state index in [1.54, 1.807) is 30.6 Å². The van der Waals surface area contributed by atoms with E-state index in [2.05, 4.69) is 32.1 Å². The van der Waals surface area contributed by atoms with Crippen LogP contribution >= 0.6 is 0 Å². The number of aromatic nitrogens is 2. The lowest BCUT2D eigenvalue weighted by Gasteiger charge is -2.11. The highest BCUT2D eigenvalue weighted by atomic mass is 32.2. The monoisotopic (exact) mass is 433 g/mol. The van der Waals surface area contributed by atoms with Crippen molar-refractivity contribution in [2.75, 3.05) is 18.8 Å². The van der Waals surface area contributed by atoms with Crippen LogP contribution in [-0.4, -0.2) is 31.5 Å². The van der Waals surface area contributed by atoms with Crippen LogP contribution in [0.3, 0.4) is 0 Å². The minimum atomic E-state index is -3.66. The number of nitrogens with two attached hydrogens (primary N) is 1. The second-order valence-electron chi connectivity index (χ2n) is 7.10. The first-order valence-corrected chi connectivity index (χ1v) is 11.4. The van der Waals surface area contributed by atoms with Crippen molar-refractivity contribution in [3.8, 4) is 11.1 Å². The molecule has 8 heteroatoms. The van der Waals surface area contributed by atoms with Crippen LogP contribution in [0.1, 0.15) is 5.56 Å². The molecule has 4 N–H and O–H groups in total. The fourth-order valence-electron chi connectivity index (χ4n) is 3.32. The normalized spacial score (nSPS) is 11.6. The Morgan fingerprint density at radius 1 is 0.903 bits per heavy atom. The lowest BCUT2D eigenvalue weighted by Crippen LogP contribution is -2.31. The summed E-state index contributed by atoms with van der Waals surface area (Å²) in [6.07, 6.45) is 5.16. The Labute approximate surface area is 181 Å². The summed E-state index contributed by atoms with van der Waals surface area (Å²) < 4.78 is 28.2. The minimum absolute atomic E-state index is 0.199. The molecule has 31 heavy (non-hydrogen) atoms. The van der Waals surface area contributed by atoms with Crippen molar-refractivity contribution in [1.29, 1.82) is 0 Å². The van der Waals surface area contributed by atoms with Gasteiger partial charge in [-0.3, -0.25) is 4.98 Å². The molecule has 0 atom stereocenters. The molecule has 0 aliphatic heterocycles. The number of sulfonamides is 1. The number of hydrogen-bond donors (Lipinski definition) is 3. The number of rotatable bonds is 8. The Kier molecular flexibility index (Phi) is 6.22. The molecule has 0 amide bonds. The molecule has 2 heterocycles. The van der Waals surface area contributed by atoms with E-state index in [0.717, 1.165) is 22.1 Å². The van der Waals surface area contributed by atoms with Crippen LogP contribution < -0.4 is 15.8 Å². The molecule has 0 fully saturated rings. The van der Waals surface area contributed by atoms with Crippen LogP contribution in [0.4, 0.5) is 5.82 Å². The van der Waals surface area contributed by atoms with E-state index in [0.29, 0.717) is 18.5 Å². The van der Waals surface area contributed by atoms with Gasteiger partial charge in [0.25, 0.3) is 0 Å². The lowest BCUT2D eigenvalue weighted by molar-refractivity contribution is 0.577. The molecule has 0 aliphatic rings. The first kappa shape index (κ1) is 20.9. The molecular weight excluding hydrogens is 410 g/mol. The van der Waals surface area contributed by atoms with E-state index in [1.807, 2.05) is 36.5 Å². The van der Waals surface area contributed by atoms with Gasteiger partial charge in [-0.15, -0.1) is 0 Å². The molecule has 0 saturated carbocycles. The zero-order valence-electron chi connectivity index (χ0n) is 16.8. The molecule has 0 saturated heterocycles. The molecule has 4 rings (SSSR count). The van der Waals surface area contributed by atoms with E-state index < -0.39 is 10.0 Å². The second-order valence-corrected chi connectivity index (χ2v) is 8.84. The van der Waals surface area contributed by atoms with Gasteiger partial charge in [-0.05, 0) is 34.9 Å². The summed E-state index contributed by atoms with van der Waals surface area (Å²) in [6.45, 7) is 1.41. The maximum Gasteiger partial charge on any atom is 0.241 e. The lowest BCUT2D eigenvalue weighted by atomic mass is 10.1. The average molecular weight is 434 g/mol. The maximum atomic E-state index is 12.8. The molecule has 4 aromatic rings. The zero-order valence-corrected chi connectivity index (χ0v) is 17.6. The van der Waals surface area contributed by atoms with Crippen LogP contribution in [0.15, 0.2) is 84.1 Å². The Morgan fingerprint density at radius 3 is 2.52 bits per heavy atom. The highest BCUT2D eigenvalue weighted by molar-refractivity contribution is 7.89. The van der Waals surface area contributed by atoms with E-state index >= 15 is 0 Å². The summed E-state index contributed by atoms with van der Waals surface area (Å²) in [5.41, 5.74) is 9.03. The summed E-state index contributed by atoms with van der Waals surface area (Å²) in [7, 11) is -3.66. The molecule has 2 aromatic heterocycles. The van der Waals surface area contributed by atoms with Crippen LogP contribution in [0.2, 0.25) is 0 Å². The smallest absolute Gasteiger partial charge is 0.241 e. The molecule has 0 aliphatic carbocycles. The van der Waals surface area contributed by atoms with Crippen LogP contribution in [0.25, 0.3) is 21.9 Å². The van der Waals surface area contributed by atoms with Crippen LogP contribution in [-0.2, 0) is 16.6 Å². The zero-order chi connectivity index (χ0) is 21.7. The van der Waals surface area contributed by atoms with E-state index in [-0.39, 0.29) is 17.3 Å². The number of pyridine rings is 2. The van der Waals surface area contributed by atoms with E-state index in [1.165, 1.54) is 0 Å². The topological polar surface area (TPSA) is 110 Å². The van der Waals surface area contributed by atoms with Gasteiger partial charge in [0.1, 0.15) is 5.82 Å². The summed E-state index contributed by atoms with van der Waals surface area (Å²) in [4.78, 5) is 8.36. The third-order valence-electron chi connectivity index (χ3n) is 4.91. The van der Waals surface area contributed by atoms with Crippen molar-refractivity contribution in [2.45, 2.75) is 11.4 Å². The first-order valence-electron chi connectivity index (χ1n) is 9.87. The van der Waals surface area contributed by atoms with Crippen molar-refractivity contribution < 1.29 is 8.42 Å². The van der Waals surface area contributed by atoms with Crippen molar-refractivity contribution in [3.63, 3.8) is 0 Å². The molecule has 0 radical (unpaired) electrons. The standard InChI is InChI=1S/C23H23N5O2S/c24-23-13-21-20(16-27-23)3-1-5-22(21)31(29,30)28-12-11-26-14-17-6-8-18(9-7-17)19-4-2-10-25-15-19/h1-10,13,15-16,26,28H,11-12,14H2,(H2,24,27). The molecule has 158 valence electrons. The number of benzene rings is 2. The predicted molar refractivity (Wildman–Crippen MR) is 123 cm³/mol. The minimum Gasteiger partial charge on any atom is -0.384 e. The Morgan fingerprint density at radius 2 is 1.74 bits per heavy atom. The van der Waals surface area contributed by atoms with Gasteiger partial charge in [-0.25, -0.2) is 18.1 Å². The number of nitrogens with one attached hydrogen (secondary N) is 2. The summed E-state index contributed by atoms with van der Waals surface area (Å²) in [5, 5.41) is 4.55. The number of hydrogen-bond acceptors (Lipinski definition) is 6. The van der Waals surface area contributed by atoms with Crippen molar-refractivity contribution in [1.82, 2.24) is 20.0 Å². The van der Waals surface area contributed by atoms with Crippen molar-refractivity contribution >= 4 is 26.6 Å². The van der Waals surface area contributed by atoms with Crippen molar-refractivity contribution in [3.05, 3.63) is 84.8 Å². The molecule has 2 aromatic carbocycles.